The third kappa shape index (κ3) is 4.98. The van der Waals surface area contributed by atoms with Gasteiger partial charge in [-0.3, -0.25) is 0 Å². The second kappa shape index (κ2) is 9.79. The van der Waals surface area contributed by atoms with Gasteiger partial charge in [0, 0.05) is 7.11 Å². The number of fused-ring (bicyclic) bond motifs is 5. The molecule has 4 aliphatic rings. The molecule has 4 saturated carbocycles. The number of hydrogen-bond acceptors (Lipinski definition) is 2. The van der Waals surface area contributed by atoms with Crippen molar-refractivity contribution in [1.82, 2.24) is 0 Å². The first-order valence-corrected chi connectivity index (χ1v) is 18.2. The fourth-order valence-electron chi connectivity index (χ4n) is 10.4. The molecule has 4 rings (SSSR count). The van der Waals surface area contributed by atoms with Crippen LogP contribution in [-0.4, -0.2) is 26.1 Å². The topological polar surface area (TPSA) is 29.5 Å². The van der Waals surface area contributed by atoms with Gasteiger partial charge in [0.25, 0.3) is 0 Å². The van der Waals surface area contributed by atoms with Gasteiger partial charge in [-0.1, -0.05) is 53.9 Å². The molecular weight excluding hydrogens is 432 g/mol. The standard InChI is InChI=1S/C31H58O2Si/c1-22(2)10-9-11-23(3)26-14-15-27-25-13-12-24-20-31(32,21-34(7,8)33-6)19-18-29(24,4)28(25)16-17-30(26,27)5/h22-28,32H,9-21H2,1-8H3/t23-,24?,25+,26-,27+,28+,29+,30-,31?/m1/s1. The second-order valence-electron chi connectivity index (χ2n) is 15.3. The zero-order valence-electron chi connectivity index (χ0n) is 24.1. The zero-order valence-corrected chi connectivity index (χ0v) is 25.1. The molecule has 9 atom stereocenters. The van der Waals surface area contributed by atoms with E-state index >= 15 is 0 Å². The van der Waals surface area contributed by atoms with E-state index in [2.05, 4.69) is 47.7 Å². The van der Waals surface area contributed by atoms with E-state index in [1.54, 1.807) is 0 Å². The molecule has 4 fully saturated rings. The van der Waals surface area contributed by atoms with Crippen LogP contribution in [0.1, 0.15) is 112 Å². The van der Waals surface area contributed by atoms with E-state index in [-0.39, 0.29) is 0 Å². The van der Waals surface area contributed by atoms with Crippen LogP contribution in [0.15, 0.2) is 0 Å². The molecule has 0 heterocycles. The molecule has 1 N–H and O–H groups in total. The van der Waals surface area contributed by atoms with Crippen LogP contribution in [-0.2, 0) is 4.43 Å². The Balaban J connectivity index is 1.44. The molecule has 0 aromatic rings. The van der Waals surface area contributed by atoms with Crippen molar-refractivity contribution in [2.75, 3.05) is 7.11 Å². The summed E-state index contributed by atoms with van der Waals surface area (Å²) < 4.78 is 5.86. The Labute approximate surface area is 213 Å². The smallest absolute Gasteiger partial charge is 0.189 e. The summed E-state index contributed by atoms with van der Waals surface area (Å²) in [5.74, 6) is 6.22. The first-order valence-electron chi connectivity index (χ1n) is 15.1. The number of hydrogen-bond donors (Lipinski definition) is 1. The van der Waals surface area contributed by atoms with Crippen LogP contribution < -0.4 is 0 Å². The molecule has 0 bridgehead atoms. The molecule has 2 unspecified atom stereocenters. The van der Waals surface area contributed by atoms with Crippen molar-refractivity contribution in [1.29, 1.82) is 0 Å². The minimum Gasteiger partial charge on any atom is -0.420 e. The third-order valence-corrected chi connectivity index (χ3v) is 14.9. The van der Waals surface area contributed by atoms with E-state index in [1.165, 1.54) is 64.2 Å². The molecule has 198 valence electrons. The van der Waals surface area contributed by atoms with Crippen LogP contribution in [0.2, 0.25) is 19.1 Å². The molecule has 3 heteroatoms. The van der Waals surface area contributed by atoms with Gasteiger partial charge in [-0.05, 0) is 129 Å². The SMILES string of the molecule is CO[Si](C)(C)CC1(O)CC[C@@]2(C)C(CC[C@H]3[C@@H]4CC[C@H]([C@H](C)CCCC(C)C)[C@@]4(C)CC[C@@H]32)C1. The third-order valence-electron chi connectivity index (χ3n) is 12.3. The van der Waals surface area contributed by atoms with Gasteiger partial charge in [0.15, 0.2) is 8.32 Å². The summed E-state index contributed by atoms with van der Waals surface area (Å²) in [5.41, 5.74) is 0.567. The first kappa shape index (κ1) is 27.2. The Hall–Kier alpha value is 0.137. The maximum absolute atomic E-state index is 11.6. The fraction of sp³-hybridized carbons (Fsp3) is 1.00. The van der Waals surface area contributed by atoms with Gasteiger partial charge in [0.1, 0.15) is 0 Å². The Kier molecular flexibility index (Phi) is 7.82. The Bertz CT molecular complexity index is 706. The molecule has 0 spiro atoms. The summed E-state index contributed by atoms with van der Waals surface area (Å²) in [5, 5.41) is 11.6. The molecule has 2 nitrogen and oxygen atoms in total. The van der Waals surface area contributed by atoms with E-state index in [0.717, 1.165) is 54.4 Å². The maximum Gasteiger partial charge on any atom is 0.189 e. The average molecular weight is 491 g/mol. The van der Waals surface area contributed by atoms with E-state index < -0.39 is 13.9 Å². The van der Waals surface area contributed by atoms with Gasteiger partial charge in [0.2, 0.25) is 0 Å². The highest BCUT2D eigenvalue weighted by Crippen LogP contribution is 2.69. The minimum absolute atomic E-state index is 0.455. The van der Waals surface area contributed by atoms with Crippen LogP contribution in [0, 0.1) is 52.3 Å². The predicted molar refractivity (Wildman–Crippen MR) is 147 cm³/mol. The lowest BCUT2D eigenvalue weighted by molar-refractivity contribution is -0.148. The highest BCUT2D eigenvalue weighted by atomic mass is 28.4. The summed E-state index contributed by atoms with van der Waals surface area (Å²) in [6.45, 7) is 17.3. The predicted octanol–water partition coefficient (Wildman–Crippen LogP) is 8.69. The lowest BCUT2D eigenvalue weighted by Crippen LogP contribution is -2.57. The van der Waals surface area contributed by atoms with Crippen molar-refractivity contribution in [3.8, 4) is 0 Å². The normalized spacial score (nSPS) is 45.5. The summed E-state index contributed by atoms with van der Waals surface area (Å²) in [4.78, 5) is 0. The molecule has 0 amide bonds. The molecule has 0 aliphatic heterocycles. The minimum atomic E-state index is -1.76. The van der Waals surface area contributed by atoms with E-state index in [9.17, 15) is 5.11 Å². The number of aliphatic hydroxyl groups is 1. The van der Waals surface area contributed by atoms with Gasteiger partial charge >= 0.3 is 0 Å². The Morgan fingerprint density at radius 2 is 1.59 bits per heavy atom. The van der Waals surface area contributed by atoms with Crippen LogP contribution >= 0.6 is 0 Å². The van der Waals surface area contributed by atoms with Crippen molar-refractivity contribution < 1.29 is 9.53 Å². The van der Waals surface area contributed by atoms with Crippen LogP contribution in [0.4, 0.5) is 0 Å². The van der Waals surface area contributed by atoms with Crippen LogP contribution in [0.25, 0.3) is 0 Å². The lowest BCUT2D eigenvalue weighted by atomic mass is 9.43. The first-order chi connectivity index (χ1) is 15.8. The average Bonchev–Trinajstić information content (AvgIpc) is 3.11. The van der Waals surface area contributed by atoms with Gasteiger partial charge in [-0.2, -0.15) is 0 Å². The molecule has 0 radical (unpaired) electrons. The lowest BCUT2D eigenvalue weighted by Gasteiger charge is -2.62. The molecule has 0 aromatic heterocycles. The second-order valence-corrected chi connectivity index (χ2v) is 19.5. The van der Waals surface area contributed by atoms with Gasteiger partial charge < -0.3 is 9.53 Å². The summed E-state index contributed by atoms with van der Waals surface area (Å²) in [6, 6.07) is 0.911. The highest BCUT2D eigenvalue weighted by molar-refractivity contribution is 6.71. The van der Waals surface area contributed by atoms with Crippen LogP contribution in [0.3, 0.4) is 0 Å². The van der Waals surface area contributed by atoms with Gasteiger partial charge in [-0.15, -0.1) is 0 Å². The molecular formula is C31H58O2Si. The molecule has 0 saturated heterocycles. The zero-order chi connectivity index (χ0) is 24.9. The quantitative estimate of drug-likeness (QED) is 0.345. The van der Waals surface area contributed by atoms with Crippen molar-refractivity contribution in [2.45, 2.75) is 136 Å². The molecule has 0 aromatic carbocycles. The van der Waals surface area contributed by atoms with E-state index in [1.807, 2.05) is 7.11 Å². The monoisotopic (exact) mass is 490 g/mol. The Morgan fingerprint density at radius 3 is 2.26 bits per heavy atom. The fourth-order valence-corrected chi connectivity index (χ4v) is 12.4. The summed E-state index contributed by atoms with van der Waals surface area (Å²) in [7, 11) is 0.0892. The largest absolute Gasteiger partial charge is 0.420 e. The van der Waals surface area contributed by atoms with Crippen molar-refractivity contribution >= 4 is 8.32 Å². The summed E-state index contributed by atoms with van der Waals surface area (Å²) in [6.07, 6.45) is 16.2. The van der Waals surface area contributed by atoms with Crippen LogP contribution in [0.5, 0.6) is 0 Å². The van der Waals surface area contributed by atoms with Gasteiger partial charge in [0.05, 0.1) is 5.60 Å². The highest BCUT2D eigenvalue weighted by Gasteiger charge is 2.61. The van der Waals surface area contributed by atoms with Crippen molar-refractivity contribution in [2.24, 2.45) is 52.3 Å². The summed E-state index contributed by atoms with van der Waals surface area (Å²) >= 11 is 0. The number of rotatable bonds is 8. The van der Waals surface area contributed by atoms with Crippen molar-refractivity contribution in [3.05, 3.63) is 0 Å². The maximum atomic E-state index is 11.6. The van der Waals surface area contributed by atoms with E-state index in [0.29, 0.717) is 16.7 Å². The van der Waals surface area contributed by atoms with Crippen molar-refractivity contribution in [3.63, 3.8) is 0 Å². The Morgan fingerprint density at radius 1 is 0.882 bits per heavy atom. The molecule has 34 heavy (non-hydrogen) atoms. The van der Waals surface area contributed by atoms with E-state index in [4.69, 9.17) is 4.43 Å². The molecule has 4 aliphatic carbocycles. The van der Waals surface area contributed by atoms with Gasteiger partial charge in [-0.25, -0.2) is 0 Å².